The first-order chi connectivity index (χ1) is 14.1. The molecule has 29 heavy (non-hydrogen) atoms. The van der Waals surface area contributed by atoms with Crippen molar-refractivity contribution in [2.45, 2.75) is 19.8 Å². The van der Waals surface area contributed by atoms with Gasteiger partial charge in [-0.05, 0) is 55.7 Å². The highest BCUT2D eigenvalue weighted by Gasteiger charge is 2.26. The number of benzene rings is 2. The Morgan fingerprint density at radius 3 is 2.52 bits per heavy atom. The molecule has 148 valence electrons. The Morgan fingerprint density at radius 2 is 1.83 bits per heavy atom. The van der Waals surface area contributed by atoms with Crippen LogP contribution in [0.25, 0.3) is 11.3 Å². The molecule has 0 unspecified atom stereocenters. The second kappa shape index (κ2) is 8.39. The van der Waals surface area contributed by atoms with Crippen molar-refractivity contribution in [3.63, 3.8) is 0 Å². The molecule has 1 fully saturated rings. The van der Waals surface area contributed by atoms with Gasteiger partial charge in [-0.3, -0.25) is 4.79 Å². The predicted molar refractivity (Wildman–Crippen MR) is 112 cm³/mol. The number of hydrogen-bond donors (Lipinski definition) is 1. The Bertz CT molecular complexity index is 998. The zero-order valence-electron chi connectivity index (χ0n) is 16.3. The van der Waals surface area contributed by atoms with Gasteiger partial charge in [0.25, 0.3) is 0 Å². The van der Waals surface area contributed by atoms with Crippen LogP contribution < -0.4 is 10.2 Å². The van der Waals surface area contributed by atoms with Gasteiger partial charge < -0.3 is 10.2 Å². The molecule has 5 nitrogen and oxygen atoms in total. The third-order valence-corrected chi connectivity index (χ3v) is 5.35. The molecule has 0 aliphatic carbocycles. The SMILES string of the molecule is Cc1ccccc1-c1ccc(N2CCC(C(=O)Nc3cccc(F)c3)CC2)nn1. The van der Waals surface area contributed by atoms with Crippen molar-refractivity contribution in [2.75, 3.05) is 23.3 Å². The second-order valence-corrected chi connectivity index (χ2v) is 7.35. The average molecular weight is 390 g/mol. The number of nitrogens with zero attached hydrogens (tertiary/aromatic N) is 3. The molecule has 1 aromatic heterocycles. The Balaban J connectivity index is 1.36. The van der Waals surface area contributed by atoms with Gasteiger partial charge in [-0.1, -0.05) is 30.3 Å². The standard InChI is InChI=1S/C23H23FN4O/c1-16-5-2-3-8-20(16)21-9-10-22(27-26-21)28-13-11-17(12-14-28)23(29)25-19-7-4-6-18(24)15-19/h2-10,15,17H,11-14H2,1H3,(H,25,29). The van der Waals surface area contributed by atoms with Crippen LogP contribution in [0.4, 0.5) is 15.9 Å². The van der Waals surface area contributed by atoms with Gasteiger partial charge in [0.1, 0.15) is 5.82 Å². The number of amides is 1. The highest BCUT2D eigenvalue weighted by atomic mass is 19.1. The normalized spacial score (nSPS) is 14.6. The van der Waals surface area contributed by atoms with Gasteiger partial charge in [0.2, 0.25) is 5.91 Å². The summed E-state index contributed by atoms with van der Waals surface area (Å²) in [6.45, 7) is 3.53. The fourth-order valence-electron chi connectivity index (χ4n) is 3.68. The Hall–Kier alpha value is -3.28. The minimum absolute atomic E-state index is 0.0590. The summed E-state index contributed by atoms with van der Waals surface area (Å²) in [5.74, 6) is 0.321. The Morgan fingerprint density at radius 1 is 1.03 bits per heavy atom. The number of rotatable bonds is 4. The topological polar surface area (TPSA) is 58.1 Å². The number of anilines is 2. The number of nitrogens with one attached hydrogen (secondary N) is 1. The highest BCUT2D eigenvalue weighted by molar-refractivity contribution is 5.92. The van der Waals surface area contributed by atoms with E-state index in [4.69, 9.17) is 0 Å². The van der Waals surface area contributed by atoms with Gasteiger partial charge in [0.05, 0.1) is 5.69 Å². The van der Waals surface area contributed by atoms with E-state index in [0.29, 0.717) is 5.69 Å². The number of carbonyl (C=O) groups is 1. The van der Waals surface area contributed by atoms with Crippen LogP contribution in [0.15, 0.2) is 60.7 Å². The highest BCUT2D eigenvalue weighted by Crippen LogP contribution is 2.25. The van der Waals surface area contributed by atoms with E-state index in [1.165, 1.54) is 17.7 Å². The van der Waals surface area contributed by atoms with Gasteiger partial charge in [-0.2, -0.15) is 0 Å². The van der Waals surface area contributed by atoms with E-state index in [-0.39, 0.29) is 17.6 Å². The molecule has 0 saturated carbocycles. The number of carbonyl (C=O) groups excluding carboxylic acids is 1. The molecule has 4 rings (SSSR count). The molecule has 6 heteroatoms. The zero-order chi connectivity index (χ0) is 20.2. The lowest BCUT2D eigenvalue weighted by Crippen LogP contribution is -2.38. The average Bonchev–Trinajstić information content (AvgIpc) is 2.74. The number of halogens is 1. The summed E-state index contributed by atoms with van der Waals surface area (Å²) >= 11 is 0. The zero-order valence-corrected chi connectivity index (χ0v) is 16.3. The fraction of sp³-hybridized carbons (Fsp3) is 0.261. The van der Waals surface area contributed by atoms with Gasteiger partial charge in [0.15, 0.2) is 5.82 Å². The molecule has 1 amide bonds. The summed E-state index contributed by atoms with van der Waals surface area (Å²) in [4.78, 5) is 14.6. The van der Waals surface area contributed by atoms with E-state index in [2.05, 4.69) is 33.4 Å². The van der Waals surface area contributed by atoms with E-state index in [1.807, 2.05) is 30.3 Å². The van der Waals surface area contributed by atoms with Crippen molar-refractivity contribution < 1.29 is 9.18 Å². The monoisotopic (exact) mass is 390 g/mol. The molecule has 3 aromatic rings. The van der Waals surface area contributed by atoms with Gasteiger partial charge in [0, 0.05) is 30.3 Å². The van der Waals surface area contributed by atoms with Crippen LogP contribution in [-0.2, 0) is 4.79 Å². The van der Waals surface area contributed by atoms with E-state index >= 15 is 0 Å². The van der Waals surface area contributed by atoms with Crippen LogP contribution in [0.1, 0.15) is 18.4 Å². The van der Waals surface area contributed by atoms with Crippen LogP contribution in [0.2, 0.25) is 0 Å². The molecule has 0 radical (unpaired) electrons. The molecular weight excluding hydrogens is 367 g/mol. The third kappa shape index (κ3) is 4.42. The number of piperidine rings is 1. The van der Waals surface area contributed by atoms with Crippen molar-refractivity contribution in [3.8, 4) is 11.3 Å². The fourth-order valence-corrected chi connectivity index (χ4v) is 3.68. The van der Waals surface area contributed by atoms with Crippen molar-refractivity contribution in [3.05, 3.63) is 72.0 Å². The molecule has 2 aromatic carbocycles. The van der Waals surface area contributed by atoms with Crippen LogP contribution in [0.3, 0.4) is 0 Å². The van der Waals surface area contributed by atoms with Crippen molar-refractivity contribution in [1.82, 2.24) is 10.2 Å². The molecule has 0 atom stereocenters. The quantitative estimate of drug-likeness (QED) is 0.715. The molecule has 0 spiro atoms. The maximum Gasteiger partial charge on any atom is 0.227 e. The van der Waals surface area contributed by atoms with Crippen molar-refractivity contribution >= 4 is 17.4 Å². The molecule has 2 heterocycles. The number of aromatic nitrogens is 2. The number of aryl methyl sites for hydroxylation is 1. The Kier molecular flexibility index (Phi) is 5.51. The maximum atomic E-state index is 13.3. The smallest absolute Gasteiger partial charge is 0.227 e. The molecule has 1 aliphatic rings. The van der Waals surface area contributed by atoms with E-state index in [0.717, 1.165) is 43.0 Å². The minimum Gasteiger partial charge on any atom is -0.355 e. The molecule has 1 N–H and O–H groups in total. The van der Waals surface area contributed by atoms with E-state index in [1.54, 1.807) is 12.1 Å². The maximum absolute atomic E-state index is 13.3. The summed E-state index contributed by atoms with van der Waals surface area (Å²) in [5, 5.41) is 11.6. The van der Waals surface area contributed by atoms with Crippen LogP contribution in [0, 0.1) is 18.7 Å². The van der Waals surface area contributed by atoms with Gasteiger partial charge in [-0.25, -0.2) is 4.39 Å². The van der Waals surface area contributed by atoms with Crippen molar-refractivity contribution in [2.24, 2.45) is 5.92 Å². The lowest BCUT2D eigenvalue weighted by Gasteiger charge is -2.31. The van der Waals surface area contributed by atoms with Crippen LogP contribution in [0.5, 0.6) is 0 Å². The predicted octanol–water partition coefficient (Wildman–Crippen LogP) is 4.45. The molecule has 1 aliphatic heterocycles. The Labute approximate surface area is 169 Å². The van der Waals surface area contributed by atoms with Crippen molar-refractivity contribution in [1.29, 1.82) is 0 Å². The first kappa shape index (κ1) is 19.1. The lowest BCUT2D eigenvalue weighted by atomic mass is 9.95. The third-order valence-electron chi connectivity index (χ3n) is 5.35. The first-order valence-electron chi connectivity index (χ1n) is 9.81. The lowest BCUT2D eigenvalue weighted by molar-refractivity contribution is -0.120. The molecular formula is C23H23FN4O. The number of hydrogen-bond acceptors (Lipinski definition) is 4. The van der Waals surface area contributed by atoms with E-state index < -0.39 is 0 Å². The van der Waals surface area contributed by atoms with Crippen LogP contribution >= 0.6 is 0 Å². The summed E-state index contributed by atoms with van der Waals surface area (Å²) in [6.07, 6.45) is 1.45. The van der Waals surface area contributed by atoms with Gasteiger partial charge in [-0.15, -0.1) is 10.2 Å². The summed E-state index contributed by atoms with van der Waals surface area (Å²) < 4.78 is 13.3. The van der Waals surface area contributed by atoms with E-state index in [9.17, 15) is 9.18 Å². The first-order valence-corrected chi connectivity index (χ1v) is 9.81. The summed E-state index contributed by atoms with van der Waals surface area (Å²) in [5.41, 5.74) is 3.60. The minimum atomic E-state index is -0.356. The second-order valence-electron chi connectivity index (χ2n) is 7.35. The van der Waals surface area contributed by atoms with Gasteiger partial charge >= 0.3 is 0 Å². The largest absolute Gasteiger partial charge is 0.355 e. The molecule has 0 bridgehead atoms. The molecule has 1 saturated heterocycles. The summed E-state index contributed by atoms with van der Waals surface area (Å²) in [7, 11) is 0. The summed E-state index contributed by atoms with van der Waals surface area (Å²) in [6, 6.07) is 18.1. The van der Waals surface area contributed by atoms with Crippen LogP contribution in [-0.4, -0.2) is 29.2 Å².